The first-order valence-corrected chi connectivity index (χ1v) is 8.60. The van der Waals surface area contributed by atoms with Crippen molar-refractivity contribution in [1.82, 2.24) is 18.9 Å². The maximum absolute atomic E-state index is 13.0. The second-order valence-electron chi connectivity index (χ2n) is 6.50. The highest BCUT2D eigenvalue weighted by molar-refractivity contribution is 5.42. The molecule has 0 radical (unpaired) electrons. The molecular weight excluding hydrogens is 330 g/mol. The molecule has 1 saturated heterocycles. The largest absolute Gasteiger partial charge is 0.340 e. The molecule has 1 fully saturated rings. The van der Waals surface area contributed by atoms with Crippen LogP contribution in [-0.4, -0.2) is 38.1 Å². The third-order valence-electron chi connectivity index (χ3n) is 4.71. The molecule has 2 N–H and O–H groups in total. The van der Waals surface area contributed by atoms with Crippen LogP contribution in [0.25, 0.3) is 5.78 Å². The van der Waals surface area contributed by atoms with Crippen LogP contribution in [0.2, 0.25) is 0 Å². The lowest BCUT2D eigenvalue weighted by atomic mass is 10.1. The second-order valence-corrected chi connectivity index (χ2v) is 6.50. The lowest BCUT2D eigenvalue weighted by molar-refractivity contribution is 0.489. The number of nitriles is 1. The van der Waals surface area contributed by atoms with Crippen LogP contribution in [0, 0.1) is 11.3 Å². The number of fused-ring (bicyclic) bond motifs is 1. The lowest BCUT2D eigenvalue weighted by Gasteiger charge is -2.32. The average Bonchev–Trinajstić information content (AvgIpc) is 3.13. The fourth-order valence-electron chi connectivity index (χ4n) is 3.40. The first-order chi connectivity index (χ1) is 12.7. The molecule has 26 heavy (non-hydrogen) atoms. The molecule has 3 heterocycles. The number of aromatic nitrogens is 4. The molecule has 8 heteroatoms. The van der Waals surface area contributed by atoms with Gasteiger partial charge in [-0.2, -0.15) is 10.2 Å². The SMILES string of the molecule is N#Cc1ccccc1Cn1c(N2CCCC(N)C2)nc2nccn2c1=O. The number of imidazole rings is 1. The van der Waals surface area contributed by atoms with E-state index >= 15 is 0 Å². The van der Waals surface area contributed by atoms with Crippen LogP contribution >= 0.6 is 0 Å². The quantitative estimate of drug-likeness (QED) is 0.748. The normalized spacial score (nSPS) is 17.4. The van der Waals surface area contributed by atoms with Crippen LogP contribution < -0.4 is 16.3 Å². The van der Waals surface area contributed by atoms with Crippen molar-refractivity contribution in [3.8, 4) is 6.07 Å². The van der Waals surface area contributed by atoms with Crippen LogP contribution in [0.1, 0.15) is 24.0 Å². The van der Waals surface area contributed by atoms with Gasteiger partial charge in [0, 0.05) is 31.5 Å². The summed E-state index contributed by atoms with van der Waals surface area (Å²) in [5.74, 6) is 0.922. The van der Waals surface area contributed by atoms with Crippen molar-refractivity contribution in [2.75, 3.05) is 18.0 Å². The topological polar surface area (TPSA) is 105 Å². The van der Waals surface area contributed by atoms with Gasteiger partial charge in [0.25, 0.3) is 0 Å². The summed E-state index contributed by atoms with van der Waals surface area (Å²) in [6.07, 6.45) is 5.07. The Hall–Kier alpha value is -3.18. The Bertz CT molecular complexity index is 1050. The van der Waals surface area contributed by atoms with Gasteiger partial charge in [0.05, 0.1) is 18.2 Å². The summed E-state index contributed by atoms with van der Waals surface area (Å²) in [6.45, 7) is 1.70. The molecule has 0 bridgehead atoms. The van der Waals surface area contributed by atoms with Gasteiger partial charge in [-0.15, -0.1) is 0 Å². The zero-order chi connectivity index (χ0) is 18.1. The molecule has 1 unspecified atom stereocenters. The number of piperidine rings is 1. The van der Waals surface area contributed by atoms with E-state index in [0.29, 0.717) is 23.8 Å². The zero-order valence-electron chi connectivity index (χ0n) is 14.2. The third-order valence-corrected chi connectivity index (χ3v) is 4.71. The maximum atomic E-state index is 13.0. The predicted octanol–water partition coefficient (Wildman–Crippen LogP) is 0.738. The van der Waals surface area contributed by atoms with Gasteiger partial charge in [-0.05, 0) is 24.5 Å². The Balaban J connectivity index is 1.86. The minimum atomic E-state index is -0.227. The second kappa shape index (κ2) is 6.61. The van der Waals surface area contributed by atoms with Crippen molar-refractivity contribution in [2.45, 2.75) is 25.4 Å². The van der Waals surface area contributed by atoms with E-state index in [0.717, 1.165) is 24.9 Å². The first-order valence-electron chi connectivity index (χ1n) is 8.60. The number of nitrogens with zero attached hydrogens (tertiary/aromatic N) is 6. The minimum Gasteiger partial charge on any atom is -0.340 e. The van der Waals surface area contributed by atoms with E-state index in [1.807, 2.05) is 23.1 Å². The van der Waals surface area contributed by atoms with E-state index in [2.05, 4.69) is 16.0 Å². The molecule has 1 aliphatic rings. The molecule has 1 atom stereocenters. The number of benzene rings is 1. The summed E-state index contributed by atoms with van der Waals surface area (Å²) in [6, 6.07) is 9.52. The van der Waals surface area contributed by atoms with Gasteiger partial charge in [0.1, 0.15) is 0 Å². The summed E-state index contributed by atoms with van der Waals surface area (Å²) in [5, 5.41) is 9.36. The highest BCUT2D eigenvalue weighted by atomic mass is 16.1. The Morgan fingerprint density at radius 1 is 1.35 bits per heavy atom. The van der Waals surface area contributed by atoms with Gasteiger partial charge in [-0.25, -0.2) is 14.2 Å². The molecule has 0 spiro atoms. The molecule has 132 valence electrons. The van der Waals surface area contributed by atoms with Crippen molar-refractivity contribution in [3.63, 3.8) is 0 Å². The van der Waals surface area contributed by atoms with E-state index in [4.69, 9.17) is 5.73 Å². The average molecular weight is 349 g/mol. The third kappa shape index (κ3) is 2.82. The van der Waals surface area contributed by atoms with E-state index < -0.39 is 0 Å². The Labute approximate surface area is 150 Å². The number of nitrogens with two attached hydrogens (primary N) is 1. The molecule has 4 rings (SSSR count). The van der Waals surface area contributed by atoms with Gasteiger partial charge in [0.2, 0.25) is 11.7 Å². The van der Waals surface area contributed by atoms with Crippen molar-refractivity contribution in [2.24, 2.45) is 5.73 Å². The molecule has 1 aliphatic heterocycles. The monoisotopic (exact) mass is 349 g/mol. The fourth-order valence-corrected chi connectivity index (χ4v) is 3.40. The van der Waals surface area contributed by atoms with E-state index in [9.17, 15) is 10.1 Å². The predicted molar refractivity (Wildman–Crippen MR) is 96.9 cm³/mol. The first kappa shape index (κ1) is 16.3. The summed E-state index contributed by atoms with van der Waals surface area (Å²) >= 11 is 0. The lowest BCUT2D eigenvalue weighted by Crippen LogP contribution is -2.46. The molecule has 0 amide bonds. The van der Waals surface area contributed by atoms with Crippen LogP contribution in [0.3, 0.4) is 0 Å². The van der Waals surface area contributed by atoms with E-state index in [-0.39, 0.29) is 18.3 Å². The van der Waals surface area contributed by atoms with E-state index in [1.54, 1.807) is 23.0 Å². The van der Waals surface area contributed by atoms with Crippen LogP contribution in [0.5, 0.6) is 0 Å². The van der Waals surface area contributed by atoms with Crippen LogP contribution in [0.4, 0.5) is 5.95 Å². The van der Waals surface area contributed by atoms with Gasteiger partial charge < -0.3 is 10.6 Å². The number of rotatable bonds is 3. The van der Waals surface area contributed by atoms with Gasteiger partial charge in [0.15, 0.2) is 0 Å². The number of hydrogen-bond donors (Lipinski definition) is 1. The van der Waals surface area contributed by atoms with Crippen LogP contribution in [-0.2, 0) is 6.54 Å². The molecular formula is C18H19N7O. The van der Waals surface area contributed by atoms with Crippen molar-refractivity contribution in [1.29, 1.82) is 5.26 Å². The highest BCUT2D eigenvalue weighted by Gasteiger charge is 2.23. The number of anilines is 1. The molecule has 3 aromatic rings. The van der Waals surface area contributed by atoms with Gasteiger partial charge in [-0.1, -0.05) is 18.2 Å². The van der Waals surface area contributed by atoms with Crippen LogP contribution in [0.15, 0.2) is 41.5 Å². The summed E-state index contributed by atoms with van der Waals surface area (Å²) in [7, 11) is 0. The van der Waals surface area contributed by atoms with Gasteiger partial charge >= 0.3 is 5.69 Å². The number of hydrogen-bond acceptors (Lipinski definition) is 6. The molecule has 0 aliphatic carbocycles. The summed E-state index contributed by atoms with van der Waals surface area (Å²) in [5.41, 5.74) is 7.22. The summed E-state index contributed by atoms with van der Waals surface area (Å²) in [4.78, 5) is 23.9. The molecule has 8 nitrogen and oxygen atoms in total. The molecule has 1 aromatic carbocycles. The Morgan fingerprint density at radius 3 is 3.00 bits per heavy atom. The van der Waals surface area contributed by atoms with E-state index in [1.165, 1.54) is 4.40 Å². The fraction of sp³-hybridized carbons (Fsp3) is 0.333. The van der Waals surface area contributed by atoms with Gasteiger partial charge in [-0.3, -0.25) is 4.57 Å². The smallest absolute Gasteiger partial charge is 0.338 e. The maximum Gasteiger partial charge on any atom is 0.338 e. The van der Waals surface area contributed by atoms with Crippen molar-refractivity contribution >= 4 is 11.7 Å². The minimum absolute atomic E-state index is 0.0523. The van der Waals surface area contributed by atoms with Crippen molar-refractivity contribution in [3.05, 3.63) is 58.3 Å². The summed E-state index contributed by atoms with van der Waals surface area (Å²) < 4.78 is 3.02. The standard InChI is InChI=1S/C18H19N7O/c19-10-13-4-1-2-5-14(13)11-25-17(23-8-3-6-15(20)12-23)22-16-21-7-9-24(16)18(25)26/h1-2,4-5,7,9,15H,3,6,8,11-12,20H2. The molecule has 0 saturated carbocycles. The Kier molecular flexibility index (Phi) is 4.14. The molecule has 2 aromatic heterocycles. The highest BCUT2D eigenvalue weighted by Crippen LogP contribution is 2.19. The van der Waals surface area contributed by atoms with Crippen molar-refractivity contribution < 1.29 is 0 Å². The Morgan fingerprint density at radius 2 is 2.19 bits per heavy atom. The zero-order valence-corrected chi connectivity index (χ0v) is 14.2.